The summed E-state index contributed by atoms with van der Waals surface area (Å²) in [5.41, 5.74) is 1.90. The molecule has 1 heterocycles. The number of pyridine rings is 1. The molecule has 0 aliphatic carbocycles. The minimum atomic E-state index is -0.799. The molecule has 0 atom stereocenters. The minimum absolute atomic E-state index is 0.222. The molecule has 0 saturated carbocycles. The molecule has 108 valence electrons. The molecule has 0 N–H and O–H groups in total. The number of carbonyl (C=O) groups excluding carboxylic acids is 3. The van der Waals surface area contributed by atoms with Crippen LogP contribution in [-0.2, 0) is 32.0 Å². The first-order valence-electron chi connectivity index (χ1n) is 6.39. The van der Waals surface area contributed by atoms with Gasteiger partial charge in [0.1, 0.15) is 13.0 Å². The van der Waals surface area contributed by atoms with Crippen LogP contribution in [0.25, 0.3) is 0 Å². The molecule has 1 aromatic rings. The largest absolute Gasteiger partial charge is 0.458 e. The first-order valence-corrected chi connectivity index (χ1v) is 6.39. The lowest BCUT2D eigenvalue weighted by Gasteiger charge is -2.10. The Kier molecular flexibility index (Phi) is 6.36. The second-order valence-corrected chi connectivity index (χ2v) is 3.96. The van der Waals surface area contributed by atoms with Gasteiger partial charge in [-0.25, -0.2) is 4.98 Å². The lowest BCUT2D eigenvalue weighted by Crippen LogP contribution is -2.18. The fraction of sp³-hybridized carbons (Fsp3) is 0.429. The van der Waals surface area contributed by atoms with E-state index in [1.807, 2.05) is 19.9 Å². The van der Waals surface area contributed by atoms with Crippen molar-refractivity contribution in [3.05, 3.63) is 23.4 Å². The number of ether oxygens (including phenoxy) is 2. The molecule has 1 aromatic heterocycles. The number of hydrogen-bond donors (Lipinski definition) is 0. The van der Waals surface area contributed by atoms with E-state index >= 15 is 0 Å². The first-order chi connectivity index (χ1) is 9.62. The van der Waals surface area contributed by atoms with Crippen LogP contribution < -0.4 is 4.74 Å². The van der Waals surface area contributed by atoms with Crippen LogP contribution in [0.1, 0.15) is 31.4 Å². The summed E-state index contributed by atoms with van der Waals surface area (Å²) in [4.78, 5) is 36.8. The van der Waals surface area contributed by atoms with Crippen molar-refractivity contribution in [2.24, 2.45) is 0 Å². The number of hydrogen-bond acceptors (Lipinski definition) is 6. The first kappa shape index (κ1) is 15.8. The van der Waals surface area contributed by atoms with Gasteiger partial charge in [0.15, 0.2) is 6.29 Å². The average Bonchev–Trinajstić information content (AvgIpc) is 2.44. The maximum atomic E-state index is 11.6. The predicted molar refractivity (Wildman–Crippen MR) is 70.3 cm³/mol. The molecule has 0 saturated heterocycles. The third kappa shape index (κ3) is 4.46. The Morgan fingerprint density at radius 1 is 1.25 bits per heavy atom. The van der Waals surface area contributed by atoms with E-state index in [9.17, 15) is 14.4 Å². The van der Waals surface area contributed by atoms with Crippen LogP contribution in [-0.4, -0.2) is 29.8 Å². The molecule has 0 fully saturated rings. The molecule has 1 rings (SSSR count). The third-order valence-corrected chi connectivity index (χ3v) is 2.66. The predicted octanol–water partition coefficient (Wildman–Crippen LogP) is 1.24. The van der Waals surface area contributed by atoms with Gasteiger partial charge in [-0.1, -0.05) is 13.8 Å². The van der Waals surface area contributed by atoms with Gasteiger partial charge >= 0.3 is 11.9 Å². The fourth-order valence-electron chi connectivity index (χ4n) is 1.75. The van der Waals surface area contributed by atoms with Crippen molar-refractivity contribution in [1.29, 1.82) is 0 Å². The van der Waals surface area contributed by atoms with Gasteiger partial charge in [-0.3, -0.25) is 14.4 Å². The minimum Gasteiger partial charge on any atom is -0.458 e. The van der Waals surface area contributed by atoms with Gasteiger partial charge in [0.2, 0.25) is 5.88 Å². The van der Waals surface area contributed by atoms with E-state index in [0.717, 1.165) is 17.5 Å². The van der Waals surface area contributed by atoms with Gasteiger partial charge < -0.3 is 9.47 Å². The molecule has 0 aliphatic heterocycles. The summed E-state index contributed by atoms with van der Waals surface area (Å²) < 4.78 is 9.56. The van der Waals surface area contributed by atoms with Crippen LogP contribution in [0, 0.1) is 0 Å². The SMILES string of the molecule is CCc1ccnc(OC(=O)CC(=O)OCC=O)c1CC. The summed E-state index contributed by atoms with van der Waals surface area (Å²) in [6.07, 6.45) is 2.93. The van der Waals surface area contributed by atoms with Crippen LogP contribution in [0.4, 0.5) is 0 Å². The summed E-state index contributed by atoms with van der Waals surface area (Å²) in [5, 5.41) is 0. The molecule has 0 radical (unpaired) electrons. The lowest BCUT2D eigenvalue weighted by molar-refractivity contribution is -0.151. The number of esters is 2. The van der Waals surface area contributed by atoms with E-state index in [1.54, 1.807) is 6.20 Å². The van der Waals surface area contributed by atoms with E-state index in [-0.39, 0.29) is 12.5 Å². The number of nitrogens with zero attached hydrogens (tertiary/aromatic N) is 1. The highest BCUT2D eigenvalue weighted by Gasteiger charge is 2.16. The Labute approximate surface area is 117 Å². The molecule has 6 nitrogen and oxygen atoms in total. The Bertz CT molecular complexity index is 498. The normalized spacial score (nSPS) is 9.90. The Hall–Kier alpha value is -2.24. The van der Waals surface area contributed by atoms with Crippen molar-refractivity contribution < 1.29 is 23.9 Å². The van der Waals surface area contributed by atoms with Crippen molar-refractivity contribution >= 4 is 18.2 Å². The Balaban J connectivity index is 2.70. The van der Waals surface area contributed by atoms with Gasteiger partial charge in [0.05, 0.1) is 0 Å². The number of aldehydes is 1. The van der Waals surface area contributed by atoms with E-state index in [1.165, 1.54) is 0 Å². The average molecular weight is 279 g/mol. The summed E-state index contributed by atoms with van der Waals surface area (Å²) in [7, 11) is 0. The highest BCUT2D eigenvalue weighted by Crippen LogP contribution is 2.21. The molecule has 0 spiro atoms. The van der Waals surface area contributed by atoms with Crippen LogP contribution in [0.15, 0.2) is 12.3 Å². The number of carbonyl (C=O) groups is 3. The second kappa shape index (κ2) is 8.04. The van der Waals surface area contributed by atoms with Gasteiger partial charge in [0, 0.05) is 11.8 Å². The molecule has 20 heavy (non-hydrogen) atoms. The van der Waals surface area contributed by atoms with Crippen molar-refractivity contribution in [1.82, 2.24) is 4.98 Å². The van der Waals surface area contributed by atoms with Crippen LogP contribution in [0.3, 0.4) is 0 Å². The fourth-order valence-corrected chi connectivity index (χ4v) is 1.75. The van der Waals surface area contributed by atoms with Gasteiger partial charge in [-0.15, -0.1) is 0 Å². The van der Waals surface area contributed by atoms with Crippen molar-refractivity contribution in [2.75, 3.05) is 6.61 Å². The van der Waals surface area contributed by atoms with Crippen molar-refractivity contribution in [3.8, 4) is 5.88 Å². The molecule has 6 heteroatoms. The van der Waals surface area contributed by atoms with Crippen LogP contribution >= 0.6 is 0 Å². The maximum Gasteiger partial charge on any atom is 0.323 e. The highest BCUT2D eigenvalue weighted by molar-refractivity contribution is 5.92. The Morgan fingerprint density at radius 3 is 2.60 bits per heavy atom. The second-order valence-electron chi connectivity index (χ2n) is 3.96. The van der Waals surface area contributed by atoms with Crippen LogP contribution in [0.5, 0.6) is 5.88 Å². The van der Waals surface area contributed by atoms with Gasteiger partial charge in [-0.2, -0.15) is 0 Å². The summed E-state index contributed by atoms with van der Waals surface area (Å²) >= 11 is 0. The van der Waals surface area contributed by atoms with E-state index in [2.05, 4.69) is 9.72 Å². The summed E-state index contributed by atoms with van der Waals surface area (Å²) in [6, 6.07) is 1.87. The van der Waals surface area contributed by atoms with E-state index < -0.39 is 18.4 Å². The molecular weight excluding hydrogens is 262 g/mol. The third-order valence-electron chi connectivity index (χ3n) is 2.66. The standard InChI is InChI=1S/C14H17NO5/c1-3-10-5-6-15-14(11(10)4-2)20-13(18)9-12(17)19-8-7-16/h5-7H,3-4,8-9H2,1-2H3. The van der Waals surface area contributed by atoms with Crippen LogP contribution in [0.2, 0.25) is 0 Å². The zero-order chi connectivity index (χ0) is 15.0. The van der Waals surface area contributed by atoms with E-state index in [4.69, 9.17) is 4.74 Å². The molecule has 0 aliphatic rings. The topological polar surface area (TPSA) is 82.6 Å². The zero-order valence-electron chi connectivity index (χ0n) is 11.5. The highest BCUT2D eigenvalue weighted by atomic mass is 16.6. The van der Waals surface area contributed by atoms with Gasteiger partial charge in [0.25, 0.3) is 0 Å². The zero-order valence-corrected chi connectivity index (χ0v) is 11.5. The lowest BCUT2D eigenvalue weighted by atomic mass is 10.1. The smallest absolute Gasteiger partial charge is 0.323 e. The maximum absolute atomic E-state index is 11.6. The summed E-state index contributed by atoms with van der Waals surface area (Å²) in [5.74, 6) is -1.33. The molecular formula is C14H17NO5. The quantitative estimate of drug-likeness (QED) is 0.424. The number of rotatable bonds is 7. The number of aromatic nitrogens is 1. The van der Waals surface area contributed by atoms with E-state index in [0.29, 0.717) is 12.7 Å². The molecule has 0 aromatic carbocycles. The number of aryl methyl sites for hydroxylation is 1. The summed E-state index contributed by atoms with van der Waals surface area (Å²) in [6.45, 7) is 3.57. The van der Waals surface area contributed by atoms with Gasteiger partial charge in [-0.05, 0) is 24.5 Å². The molecule has 0 unspecified atom stereocenters. The Morgan fingerprint density at radius 2 is 2.00 bits per heavy atom. The van der Waals surface area contributed by atoms with Crippen molar-refractivity contribution in [2.45, 2.75) is 33.1 Å². The molecule has 0 amide bonds. The van der Waals surface area contributed by atoms with Crippen molar-refractivity contribution in [3.63, 3.8) is 0 Å². The molecule has 0 bridgehead atoms. The monoisotopic (exact) mass is 279 g/mol.